The largest absolute Gasteiger partial charge is 0.306 e. The molecule has 2 heterocycles. The minimum Gasteiger partial charge on any atom is -0.306 e. The molecular formula is C17H27ClN2S2. The molecule has 1 atom stereocenters. The Morgan fingerprint density at radius 3 is 3.05 bits per heavy atom. The molecule has 0 spiro atoms. The lowest BCUT2D eigenvalue weighted by Gasteiger charge is -2.29. The monoisotopic (exact) mass is 358 g/mol. The average Bonchev–Trinajstić information content (AvgIpc) is 2.52. The van der Waals surface area contributed by atoms with Gasteiger partial charge in [-0.05, 0) is 74.6 Å². The first-order valence-corrected chi connectivity index (χ1v) is 10.8. The van der Waals surface area contributed by atoms with Gasteiger partial charge >= 0.3 is 0 Å². The van der Waals surface area contributed by atoms with Crippen molar-refractivity contribution in [3.8, 4) is 0 Å². The third-order valence-corrected chi connectivity index (χ3v) is 6.94. The number of piperidine rings is 1. The smallest absolute Gasteiger partial charge is 0.0650 e. The number of nitrogens with zero attached hydrogens (tertiary/aromatic N) is 2. The Hall–Kier alpha value is 0.1000. The Kier molecular flexibility index (Phi) is 8.44. The summed E-state index contributed by atoms with van der Waals surface area (Å²) in [7, 11) is 2.25. The highest BCUT2D eigenvalue weighted by Gasteiger charge is 2.16. The number of rotatable bonds is 8. The lowest BCUT2D eigenvalue weighted by atomic mass is 10.0. The first-order valence-electron chi connectivity index (χ1n) is 8.10. The molecule has 0 aliphatic carbocycles. The molecule has 1 aromatic rings. The molecule has 1 aliphatic rings. The zero-order chi connectivity index (χ0) is 15.8. The van der Waals surface area contributed by atoms with Gasteiger partial charge in [0.15, 0.2) is 0 Å². The molecule has 2 nitrogen and oxygen atoms in total. The van der Waals surface area contributed by atoms with Crippen LogP contribution < -0.4 is 0 Å². The summed E-state index contributed by atoms with van der Waals surface area (Å²) in [5.74, 6) is 5.21. The second kappa shape index (κ2) is 10.1. The molecule has 0 N–H and O–H groups in total. The Bertz CT molecular complexity index is 456. The van der Waals surface area contributed by atoms with Gasteiger partial charge in [-0.25, -0.2) is 0 Å². The molecule has 1 saturated heterocycles. The van der Waals surface area contributed by atoms with Crippen molar-refractivity contribution in [3.63, 3.8) is 0 Å². The van der Waals surface area contributed by atoms with Crippen LogP contribution >= 0.6 is 35.1 Å². The highest BCUT2D eigenvalue weighted by molar-refractivity contribution is 8.00. The van der Waals surface area contributed by atoms with Crippen molar-refractivity contribution in [2.45, 2.75) is 37.0 Å². The standard InChI is InChI=1S/C17H27ClN2S2/c1-14-16(11-18)19-7-6-17(14)22-10-4-9-21-13-15-5-3-8-20(2)12-15/h6-7,15H,3-5,8-13H2,1-2H3. The molecule has 124 valence electrons. The summed E-state index contributed by atoms with van der Waals surface area (Å²) in [6.45, 7) is 4.70. The Balaban J connectivity index is 1.59. The molecule has 1 fully saturated rings. The normalized spacial score (nSPS) is 19.5. The molecule has 22 heavy (non-hydrogen) atoms. The minimum atomic E-state index is 0.506. The van der Waals surface area contributed by atoms with E-state index < -0.39 is 0 Å². The van der Waals surface area contributed by atoms with Crippen molar-refractivity contribution in [1.82, 2.24) is 9.88 Å². The summed E-state index contributed by atoms with van der Waals surface area (Å²) in [6.07, 6.45) is 5.95. The van der Waals surface area contributed by atoms with E-state index in [4.69, 9.17) is 11.6 Å². The third kappa shape index (κ3) is 5.95. The van der Waals surface area contributed by atoms with Crippen LogP contribution in [0.3, 0.4) is 0 Å². The first kappa shape index (κ1) is 18.4. The maximum Gasteiger partial charge on any atom is 0.0650 e. The molecule has 1 unspecified atom stereocenters. The van der Waals surface area contributed by atoms with E-state index in [2.05, 4.69) is 41.7 Å². The van der Waals surface area contributed by atoms with Gasteiger partial charge in [-0.2, -0.15) is 11.8 Å². The van der Waals surface area contributed by atoms with Crippen LogP contribution in [0, 0.1) is 12.8 Å². The van der Waals surface area contributed by atoms with Gasteiger partial charge in [0, 0.05) is 17.6 Å². The van der Waals surface area contributed by atoms with E-state index in [1.807, 2.05) is 18.0 Å². The molecule has 0 aromatic carbocycles. The highest BCUT2D eigenvalue weighted by Crippen LogP contribution is 2.26. The topological polar surface area (TPSA) is 16.1 Å². The van der Waals surface area contributed by atoms with E-state index in [0.717, 1.165) is 11.6 Å². The first-order chi connectivity index (χ1) is 10.7. The van der Waals surface area contributed by atoms with Gasteiger partial charge in [0.05, 0.1) is 11.6 Å². The molecule has 2 rings (SSSR count). The molecule has 5 heteroatoms. The second-order valence-corrected chi connectivity index (χ2v) is 8.62. The van der Waals surface area contributed by atoms with Gasteiger partial charge in [-0.15, -0.1) is 23.4 Å². The third-order valence-electron chi connectivity index (χ3n) is 4.15. The maximum atomic E-state index is 5.91. The Morgan fingerprint density at radius 1 is 1.41 bits per heavy atom. The SMILES string of the molecule is Cc1c(SCCCSCC2CCCN(C)C2)ccnc1CCl. The van der Waals surface area contributed by atoms with Gasteiger partial charge in [-0.1, -0.05) is 0 Å². The maximum absolute atomic E-state index is 5.91. The summed E-state index contributed by atoms with van der Waals surface area (Å²) < 4.78 is 0. The zero-order valence-corrected chi connectivity index (χ0v) is 16.1. The molecule has 0 amide bonds. The number of likely N-dealkylation sites (tertiary alicyclic amines) is 1. The summed E-state index contributed by atoms with van der Waals surface area (Å²) in [6, 6.07) is 2.11. The fraction of sp³-hybridized carbons (Fsp3) is 0.706. The van der Waals surface area contributed by atoms with Gasteiger partial charge in [0.25, 0.3) is 0 Å². The molecule has 0 bridgehead atoms. The number of pyridine rings is 1. The van der Waals surface area contributed by atoms with Crippen molar-refractivity contribution in [2.24, 2.45) is 5.92 Å². The van der Waals surface area contributed by atoms with Crippen LogP contribution in [0.15, 0.2) is 17.2 Å². The van der Waals surface area contributed by atoms with Crippen LogP contribution in [0.4, 0.5) is 0 Å². The van der Waals surface area contributed by atoms with E-state index in [1.54, 1.807) is 0 Å². The Labute approximate surface area is 148 Å². The lowest BCUT2D eigenvalue weighted by Crippen LogP contribution is -2.33. The van der Waals surface area contributed by atoms with Gasteiger partial charge in [0.1, 0.15) is 0 Å². The quantitative estimate of drug-likeness (QED) is 0.380. The number of hydrogen-bond donors (Lipinski definition) is 0. The highest BCUT2D eigenvalue weighted by atomic mass is 35.5. The predicted octanol–water partition coefficient (Wildman–Crippen LogP) is 4.69. The van der Waals surface area contributed by atoms with Gasteiger partial charge < -0.3 is 4.90 Å². The van der Waals surface area contributed by atoms with E-state index in [-0.39, 0.29) is 0 Å². The Morgan fingerprint density at radius 2 is 2.27 bits per heavy atom. The summed E-state index contributed by atoms with van der Waals surface area (Å²) in [5, 5.41) is 0. The van der Waals surface area contributed by atoms with Crippen LogP contribution in [0.5, 0.6) is 0 Å². The van der Waals surface area contributed by atoms with Crippen molar-refractivity contribution in [3.05, 3.63) is 23.5 Å². The molecule has 0 saturated carbocycles. The number of alkyl halides is 1. The fourth-order valence-corrected chi connectivity index (χ4v) is 5.43. The average molecular weight is 359 g/mol. The molecule has 1 aliphatic heterocycles. The van der Waals surface area contributed by atoms with Crippen molar-refractivity contribution in [2.75, 3.05) is 37.4 Å². The van der Waals surface area contributed by atoms with Gasteiger partial charge in [0.2, 0.25) is 0 Å². The van der Waals surface area contributed by atoms with Crippen molar-refractivity contribution >= 4 is 35.1 Å². The number of thioether (sulfide) groups is 2. The predicted molar refractivity (Wildman–Crippen MR) is 101 cm³/mol. The lowest BCUT2D eigenvalue weighted by molar-refractivity contribution is 0.224. The summed E-state index contributed by atoms with van der Waals surface area (Å²) >= 11 is 9.99. The second-order valence-electron chi connectivity index (χ2n) is 6.06. The number of hydrogen-bond acceptors (Lipinski definition) is 4. The minimum absolute atomic E-state index is 0.506. The van der Waals surface area contributed by atoms with Crippen molar-refractivity contribution < 1.29 is 0 Å². The zero-order valence-electron chi connectivity index (χ0n) is 13.7. The number of aromatic nitrogens is 1. The fourth-order valence-electron chi connectivity index (χ4n) is 2.85. The molecular weight excluding hydrogens is 332 g/mol. The van der Waals surface area contributed by atoms with Crippen LogP contribution in [-0.2, 0) is 5.88 Å². The molecule has 1 aromatic heterocycles. The van der Waals surface area contributed by atoms with E-state index in [0.29, 0.717) is 5.88 Å². The van der Waals surface area contributed by atoms with Crippen LogP contribution in [0.25, 0.3) is 0 Å². The molecule has 0 radical (unpaired) electrons. The van der Waals surface area contributed by atoms with E-state index >= 15 is 0 Å². The van der Waals surface area contributed by atoms with E-state index in [1.165, 1.54) is 60.1 Å². The van der Waals surface area contributed by atoms with Crippen molar-refractivity contribution in [1.29, 1.82) is 0 Å². The van der Waals surface area contributed by atoms with Crippen LogP contribution in [0.1, 0.15) is 30.5 Å². The van der Waals surface area contributed by atoms with E-state index in [9.17, 15) is 0 Å². The van der Waals surface area contributed by atoms with Crippen LogP contribution in [-0.4, -0.2) is 47.3 Å². The number of halogens is 1. The summed E-state index contributed by atoms with van der Waals surface area (Å²) in [4.78, 5) is 8.13. The van der Waals surface area contributed by atoms with Gasteiger partial charge in [-0.3, -0.25) is 4.98 Å². The van der Waals surface area contributed by atoms with Crippen LogP contribution in [0.2, 0.25) is 0 Å². The summed E-state index contributed by atoms with van der Waals surface area (Å²) in [5.41, 5.74) is 2.27.